The Labute approximate surface area is 185 Å². The molecule has 5 rings (SSSR count). The molecule has 0 saturated carbocycles. The Hall–Kier alpha value is -4.13. The molecule has 1 amide bonds. The highest BCUT2D eigenvalue weighted by molar-refractivity contribution is 5.95. The zero-order valence-corrected chi connectivity index (χ0v) is 17.5. The van der Waals surface area contributed by atoms with Crippen molar-refractivity contribution in [2.75, 3.05) is 20.2 Å². The third-order valence-electron chi connectivity index (χ3n) is 5.32. The fraction of sp³-hybridized carbons (Fsp3) is 0.160. The molecule has 0 unspecified atom stereocenters. The number of aromatic nitrogens is 2. The van der Waals surface area contributed by atoms with Gasteiger partial charge in [-0.3, -0.25) is 4.79 Å². The lowest BCUT2D eigenvalue weighted by molar-refractivity contribution is 0.0179. The quantitative estimate of drug-likeness (QED) is 0.456. The summed E-state index contributed by atoms with van der Waals surface area (Å²) in [4.78, 5) is 19.0. The van der Waals surface area contributed by atoms with Gasteiger partial charge < -0.3 is 18.9 Å². The average molecular weight is 427 g/mol. The Morgan fingerprint density at radius 2 is 1.78 bits per heavy atom. The van der Waals surface area contributed by atoms with E-state index in [-0.39, 0.29) is 12.0 Å². The van der Waals surface area contributed by atoms with Crippen LogP contribution < -0.4 is 9.47 Å². The monoisotopic (exact) mass is 427 g/mol. The Morgan fingerprint density at radius 3 is 2.59 bits per heavy atom. The standard InChI is InChI=1S/C25H21N3O4/c1-30-19-11-7-10-18(14-19)25(29)28-15-20(16-28)31-22-13-6-5-12-21(22)24-26-23(27-32-24)17-8-3-2-4-9-17/h2-14,20H,15-16H2,1H3. The van der Waals surface area contributed by atoms with Crippen molar-refractivity contribution in [3.8, 4) is 34.3 Å². The van der Waals surface area contributed by atoms with Gasteiger partial charge in [-0.25, -0.2) is 0 Å². The zero-order valence-electron chi connectivity index (χ0n) is 17.5. The fourth-order valence-electron chi connectivity index (χ4n) is 3.58. The SMILES string of the molecule is COc1cccc(C(=O)N2CC(Oc3ccccc3-c3nc(-c4ccccc4)no3)C2)c1. The first-order valence-corrected chi connectivity index (χ1v) is 10.3. The number of likely N-dealkylation sites (tertiary alicyclic amines) is 1. The van der Waals surface area contributed by atoms with Crippen LogP contribution in [-0.2, 0) is 0 Å². The van der Waals surface area contributed by atoms with Gasteiger partial charge in [-0.2, -0.15) is 4.98 Å². The Morgan fingerprint density at radius 1 is 1.00 bits per heavy atom. The molecule has 1 aromatic heterocycles. The molecule has 1 aliphatic rings. The van der Waals surface area contributed by atoms with E-state index in [1.54, 1.807) is 24.1 Å². The minimum absolute atomic E-state index is 0.0403. The average Bonchev–Trinajstić information content (AvgIpc) is 3.32. The first-order valence-electron chi connectivity index (χ1n) is 10.3. The Bertz CT molecular complexity index is 1230. The van der Waals surface area contributed by atoms with E-state index in [1.165, 1.54) is 0 Å². The molecule has 1 fully saturated rings. The molecular weight excluding hydrogens is 406 g/mol. The van der Waals surface area contributed by atoms with Crippen molar-refractivity contribution in [2.45, 2.75) is 6.10 Å². The van der Waals surface area contributed by atoms with E-state index >= 15 is 0 Å². The van der Waals surface area contributed by atoms with Crippen LogP contribution in [0.4, 0.5) is 0 Å². The largest absolute Gasteiger partial charge is 0.497 e. The second-order valence-electron chi connectivity index (χ2n) is 7.47. The normalized spacial score (nSPS) is 13.5. The van der Waals surface area contributed by atoms with Crippen molar-refractivity contribution in [1.82, 2.24) is 15.0 Å². The van der Waals surface area contributed by atoms with E-state index in [4.69, 9.17) is 14.0 Å². The number of carbonyl (C=O) groups excluding carboxylic acids is 1. The number of hydrogen-bond acceptors (Lipinski definition) is 6. The van der Waals surface area contributed by atoms with Gasteiger partial charge in [-0.1, -0.05) is 53.7 Å². The number of amides is 1. The lowest BCUT2D eigenvalue weighted by atomic mass is 10.1. The van der Waals surface area contributed by atoms with Crippen molar-refractivity contribution in [3.63, 3.8) is 0 Å². The highest BCUT2D eigenvalue weighted by atomic mass is 16.5. The first-order chi connectivity index (χ1) is 15.7. The van der Waals surface area contributed by atoms with Crippen LogP contribution >= 0.6 is 0 Å². The van der Waals surface area contributed by atoms with Crippen molar-refractivity contribution in [3.05, 3.63) is 84.4 Å². The third-order valence-corrected chi connectivity index (χ3v) is 5.32. The Balaban J connectivity index is 1.27. The van der Waals surface area contributed by atoms with E-state index in [2.05, 4.69) is 10.1 Å². The van der Waals surface area contributed by atoms with E-state index < -0.39 is 0 Å². The summed E-state index contributed by atoms with van der Waals surface area (Å²) in [7, 11) is 1.58. The number of carbonyl (C=O) groups is 1. The molecule has 0 spiro atoms. The molecule has 7 nitrogen and oxygen atoms in total. The molecule has 0 aliphatic carbocycles. The summed E-state index contributed by atoms with van der Waals surface area (Å²) in [5.41, 5.74) is 2.20. The number of benzene rings is 3. The molecular formula is C25H21N3O4. The van der Waals surface area contributed by atoms with Crippen LogP contribution in [0.2, 0.25) is 0 Å². The predicted molar refractivity (Wildman–Crippen MR) is 118 cm³/mol. The smallest absolute Gasteiger partial charge is 0.262 e. The summed E-state index contributed by atoms with van der Waals surface area (Å²) in [5.74, 6) is 2.18. The maximum atomic E-state index is 12.7. The minimum Gasteiger partial charge on any atom is -0.497 e. The molecule has 1 aliphatic heterocycles. The van der Waals surface area contributed by atoms with Gasteiger partial charge in [0.05, 0.1) is 25.8 Å². The van der Waals surface area contributed by atoms with Gasteiger partial charge in [0.15, 0.2) is 0 Å². The zero-order chi connectivity index (χ0) is 21.9. The molecule has 32 heavy (non-hydrogen) atoms. The molecule has 0 N–H and O–H groups in total. The van der Waals surface area contributed by atoms with Crippen LogP contribution in [0.3, 0.4) is 0 Å². The van der Waals surface area contributed by atoms with Gasteiger partial charge in [0, 0.05) is 11.1 Å². The first kappa shape index (κ1) is 19.8. The second-order valence-corrected chi connectivity index (χ2v) is 7.47. The number of nitrogens with zero attached hydrogens (tertiary/aromatic N) is 3. The van der Waals surface area contributed by atoms with E-state index in [0.717, 1.165) is 11.1 Å². The maximum Gasteiger partial charge on any atom is 0.262 e. The van der Waals surface area contributed by atoms with Gasteiger partial charge in [0.1, 0.15) is 17.6 Å². The molecule has 7 heteroatoms. The van der Waals surface area contributed by atoms with E-state index in [0.29, 0.717) is 41.9 Å². The summed E-state index contributed by atoms with van der Waals surface area (Å²) < 4.78 is 16.9. The number of ether oxygens (including phenoxy) is 2. The number of hydrogen-bond donors (Lipinski definition) is 0. The molecule has 4 aromatic rings. The van der Waals surface area contributed by atoms with E-state index in [9.17, 15) is 4.79 Å². The second kappa shape index (κ2) is 8.55. The highest BCUT2D eigenvalue weighted by Gasteiger charge is 2.33. The van der Waals surface area contributed by atoms with Gasteiger partial charge in [-0.05, 0) is 30.3 Å². The fourth-order valence-corrected chi connectivity index (χ4v) is 3.58. The maximum absolute atomic E-state index is 12.7. The van der Waals surface area contributed by atoms with Gasteiger partial charge >= 0.3 is 0 Å². The van der Waals surface area contributed by atoms with Crippen LogP contribution in [0.15, 0.2) is 83.4 Å². The van der Waals surface area contributed by atoms with Crippen LogP contribution in [0.1, 0.15) is 10.4 Å². The summed E-state index contributed by atoms with van der Waals surface area (Å²) in [6.45, 7) is 1.01. The molecule has 3 aromatic carbocycles. The summed E-state index contributed by atoms with van der Waals surface area (Å²) in [5, 5.41) is 4.10. The molecule has 0 radical (unpaired) electrons. The third kappa shape index (κ3) is 3.92. The topological polar surface area (TPSA) is 77.7 Å². The van der Waals surface area contributed by atoms with Gasteiger partial charge in [0.25, 0.3) is 11.8 Å². The lowest BCUT2D eigenvalue weighted by Crippen LogP contribution is -2.56. The summed E-state index contributed by atoms with van der Waals surface area (Å²) in [6.07, 6.45) is -0.109. The van der Waals surface area contributed by atoms with Crippen molar-refractivity contribution in [1.29, 1.82) is 0 Å². The van der Waals surface area contributed by atoms with E-state index in [1.807, 2.05) is 66.7 Å². The lowest BCUT2D eigenvalue weighted by Gasteiger charge is -2.39. The Kier molecular flexibility index (Phi) is 5.29. The van der Waals surface area contributed by atoms with Crippen LogP contribution in [-0.4, -0.2) is 47.3 Å². The number of para-hydroxylation sites is 1. The molecule has 0 atom stereocenters. The summed E-state index contributed by atoms with van der Waals surface area (Å²) in [6, 6.07) is 24.4. The number of rotatable bonds is 6. The van der Waals surface area contributed by atoms with Crippen LogP contribution in [0.25, 0.3) is 22.8 Å². The molecule has 1 saturated heterocycles. The predicted octanol–water partition coefficient (Wildman–Crippen LogP) is 4.32. The van der Waals surface area contributed by atoms with Crippen molar-refractivity contribution >= 4 is 5.91 Å². The van der Waals surface area contributed by atoms with Crippen molar-refractivity contribution in [2.24, 2.45) is 0 Å². The van der Waals surface area contributed by atoms with Crippen LogP contribution in [0.5, 0.6) is 11.5 Å². The molecule has 2 heterocycles. The highest BCUT2D eigenvalue weighted by Crippen LogP contribution is 2.32. The van der Waals surface area contributed by atoms with Crippen molar-refractivity contribution < 1.29 is 18.8 Å². The minimum atomic E-state index is -0.109. The van der Waals surface area contributed by atoms with Gasteiger partial charge in [0.2, 0.25) is 5.82 Å². The molecule has 0 bridgehead atoms. The molecule has 160 valence electrons. The van der Waals surface area contributed by atoms with Crippen LogP contribution in [0, 0.1) is 0 Å². The summed E-state index contributed by atoms with van der Waals surface area (Å²) >= 11 is 0. The number of methoxy groups -OCH3 is 1. The van der Waals surface area contributed by atoms with Gasteiger partial charge in [-0.15, -0.1) is 0 Å².